The Hall–Kier alpha value is -0.980. The lowest BCUT2D eigenvalue weighted by molar-refractivity contribution is 0.280. The van der Waals surface area contributed by atoms with E-state index in [1.54, 1.807) is 0 Å². The molecule has 1 N–H and O–H groups in total. The molecule has 0 fully saturated rings. The van der Waals surface area contributed by atoms with Crippen LogP contribution in [0.25, 0.3) is 0 Å². The molecule has 0 aliphatic heterocycles. The van der Waals surface area contributed by atoms with Gasteiger partial charge in [-0.15, -0.1) is 0 Å². The number of aliphatic hydroxyl groups is 1. The average molecular weight is 303 g/mol. The van der Waals surface area contributed by atoms with E-state index in [0.717, 1.165) is 6.07 Å². The lowest BCUT2D eigenvalue weighted by Gasteiger charge is -2.28. The summed E-state index contributed by atoms with van der Waals surface area (Å²) < 4.78 is 40.2. The third kappa shape index (κ3) is 3.19. The molecule has 1 atom stereocenters. The molecule has 114 valence electrons. The van der Waals surface area contributed by atoms with Crippen LogP contribution in [0, 0.1) is 18.7 Å². The van der Waals surface area contributed by atoms with E-state index < -0.39 is 22.4 Å². The fraction of sp³-hybridized carbons (Fsp3) is 0.571. The number of sulfonamides is 1. The Morgan fingerprint density at radius 3 is 2.30 bits per heavy atom. The summed E-state index contributed by atoms with van der Waals surface area (Å²) in [4.78, 5) is -0.0865. The average Bonchev–Trinajstić information content (AvgIpc) is 2.39. The third-order valence-corrected chi connectivity index (χ3v) is 5.81. The predicted molar refractivity (Wildman–Crippen MR) is 76.3 cm³/mol. The number of hydrogen-bond donors (Lipinski definition) is 1. The topological polar surface area (TPSA) is 57.6 Å². The SMILES string of the molecule is Cc1c(F)cc(CO)cc1S(=O)(=O)N(C)C(C)C(C)C. The van der Waals surface area contributed by atoms with Crippen molar-refractivity contribution in [3.63, 3.8) is 0 Å². The molecule has 0 aromatic heterocycles. The molecule has 1 rings (SSSR count). The van der Waals surface area contributed by atoms with Crippen LogP contribution in [-0.4, -0.2) is 30.9 Å². The lowest BCUT2D eigenvalue weighted by Crippen LogP contribution is -2.38. The van der Waals surface area contributed by atoms with E-state index in [2.05, 4.69) is 0 Å². The molecule has 0 aliphatic rings. The van der Waals surface area contributed by atoms with Crippen LogP contribution in [0.4, 0.5) is 4.39 Å². The van der Waals surface area contributed by atoms with Gasteiger partial charge in [0, 0.05) is 18.7 Å². The molecule has 4 nitrogen and oxygen atoms in total. The van der Waals surface area contributed by atoms with Crippen molar-refractivity contribution < 1.29 is 17.9 Å². The van der Waals surface area contributed by atoms with Crippen molar-refractivity contribution in [2.24, 2.45) is 5.92 Å². The molecule has 20 heavy (non-hydrogen) atoms. The summed E-state index contributed by atoms with van der Waals surface area (Å²) in [5.41, 5.74) is 0.322. The van der Waals surface area contributed by atoms with E-state index in [4.69, 9.17) is 5.11 Å². The molecule has 1 unspecified atom stereocenters. The van der Waals surface area contributed by atoms with Gasteiger partial charge in [0.05, 0.1) is 11.5 Å². The van der Waals surface area contributed by atoms with E-state index >= 15 is 0 Å². The first-order valence-electron chi connectivity index (χ1n) is 6.50. The maximum absolute atomic E-state index is 13.8. The van der Waals surface area contributed by atoms with E-state index in [0.29, 0.717) is 0 Å². The first-order valence-corrected chi connectivity index (χ1v) is 7.94. The largest absolute Gasteiger partial charge is 0.392 e. The summed E-state index contributed by atoms with van der Waals surface area (Å²) in [6.07, 6.45) is 0. The Bertz CT molecular complexity index is 584. The maximum Gasteiger partial charge on any atom is 0.243 e. The normalized spacial score (nSPS) is 14.1. The lowest BCUT2D eigenvalue weighted by atomic mass is 10.1. The quantitative estimate of drug-likeness (QED) is 0.908. The maximum atomic E-state index is 13.8. The summed E-state index contributed by atoms with van der Waals surface area (Å²) in [6, 6.07) is 2.28. The fourth-order valence-corrected chi connectivity index (χ4v) is 3.64. The molecule has 1 aromatic rings. The van der Waals surface area contributed by atoms with Gasteiger partial charge in [0.1, 0.15) is 5.82 Å². The smallest absolute Gasteiger partial charge is 0.243 e. The van der Waals surface area contributed by atoms with Crippen LogP contribution in [0.5, 0.6) is 0 Å². The summed E-state index contributed by atoms with van der Waals surface area (Å²) in [6.45, 7) is 6.69. The molecule has 0 saturated carbocycles. The van der Waals surface area contributed by atoms with Gasteiger partial charge in [-0.25, -0.2) is 12.8 Å². The monoisotopic (exact) mass is 303 g/mol. The molecule has 0 bridgehead atoms. The highest BCUT2D eigenvalue weighted by Gasteiger charge is 2.29. The van der Waals surface area contributed by atoms with Crippen LogP contribution in [0.15, 0.2) is 17.0 Å². The number of rotatable bonds is 5. The highest BCUT2D eigenvalue weighted by molar-refractivity contribution is 7.89. The van der Waals surface area contributed by atoms with E-state index in [1.807, 2.05) is 20.8 Å². The first kappa shape index (κ1) is 17.1. The standard InChI is InChI=1S/C14H22FNO3S/c1-9(2)11(4)16(5)20(18,19)14-7-12(8-17)6-13(15)10(14)3/h6-7,9,11,17H,8H2,1-5H3. The summed E-state index contributed by atoms with van der Waals surface area (Å²) in [5, 5.41) is 9.10. The van der Waals surface area contributed by atoms with Gasteiger partial charge in [0.15, 0.2) is 0 Å². The number of aliphatic hydroxyl groups excluding tert-OH is 1. The highest BCUT2D eigenvalue weighted by Crippen LogP contribution is 2.25. The van der Waals surface area contributed by atoms with Crippen molar-refractivity contribution in [3.05, 3.63) is 29.1 Å². The van der Waals surface area contributed by atoms with Crippen LogP contribution in [0.3, 0.4) is 0 Å². The van der Waals surface area contributed by atoms with E-state index in [-0.39, 0.29) is 28.0 Å². The number of halogens is 1. The zero-order valence-electron chi connectivity index (χ0n) is 12.5. The van der Waals surface area contributed by atoms with Gasteiger partial charge in [0.2, 0.25) is 10.0 Å². The van der Waals surface area contributed by atoms with Gasteiger partial charge in [-0.05, 0) is 37.5 Å². The molecule has 0 heterocycles. The van der Waals surface area contributed by atoms with E-state index in [9.17, 15) is 12.8 Å². The zero-order chi connectivity index (χ0) is 15.7. The Balaban J connectivity index is 3.39. The van der Waals surface area contributed by atoms with Crippen molar-refractivity contribution in [1.29, 1.82) is 0 Å². The van der Waals surface area contributed by atoms with Gasteiger partial charge in [-0.1, -0.05) is 13.8 Å². The molecular formula is C14H22FNO3S. The van der Waals surface area contributed by atoms with Crippen LogP contribution in [0.1, 0.15) is 31.9 Å². The second-order valence-electron chi connectivity index (χ2n) is 5.36. The van der Waals surface area contributed by atoms with Crippen LogP contribution < -0.4 is 0 Å². The van der Waals surface area contributed by atoms with Crippen molar-refractivity contribution >= 4 is 10.0 Å². The number of benzene rings is 1. The van der Waals surface area contributed by atoms with Crippen LogP contribution in [0.2, 0.25) is 0 Å². The summed E-state index contributed by atoms with van der Waals surface area (Å²) in [7, 11) is -2.30. The molecule has 0 radical (unpaired) electrons. The number of hydrogen-bond acceptors (Lipinski definition) is 3. The minimum absolute atomic E-state index is 0.0741. The Kier molecular flexibility index (Phi) is 5.29. The Labute approximate surface area is 120 Å². The van der Waals surface area contributed by atoms with Gasteiger partial charge in [0.25, 0.3) is 0 Å². The molecule has 0 amide bonds. The fourth-order valence-electron chi connectivity index (χ4n) is 1.86. The van der Waals surface area contributed by atoms with Crippen molar-refractivity contribution in [1.82, 2.24) is 4.31 Å². The number of nitrogens with zero attached hydrogens (tertiary/aromatic N) is 1. The van der Waals surface area contributed by atoms with Gasteiger partial charge in [-0.3, -0.25) is 0 Å². The van der Waals surface area contributed by atoms with Crippen LogP contribution >= 0.6 is 0 Å². The second kappa shape index (κ2) is 6.20. The summed E-state index contributed by atoms with van der Waals surface area (Å²) >= 11 is 0. The minimum Gasteiger partial charge on any atom is -0.392 e. The third-order valence-electron chi connectivity index (χ3n) is 3.73. The first-order chi connectivity index (χ1) is 9.12. The van der Waals surface area contributed by atoms with Gasteiger partial charge in [-0.2, -0.15) is 4.31 Å². The Morgan fingerprint density at radius 1 is 1.30 bits per heavy atom. The Morgan fingerprint density at radius 2 is 1.85 bits per heavy atom. The second-order valence-corrected chi connectivity index (χ2v) is 7.33. The highest BCUT2D eigenvalue weighted by atomic mass is 32.2. The van der Waals surface area contributed by atoms with Gasteiger partial charge < -0.3 is 5.11 Å². The van der Waals surface area contributed by atoms with Gasteiger partial charge >= 0.3 is 0 Å². The minimum atomic E-state index is -3.79. The molecular weight excluding hydrogens is 281 g/mol. The molecule has 0 spiro atoms. The predicted octanol–water partition coefficient (Wildman–Crippen LogP) is 2.29. The molecule has 1 aromatic carbocycles. The summed E-state index contributed by atoms with van der Waals surface area (Å²) in [5.74, 6) is -0.485. The molecule has 0 aliphatic carbocycles. The zero-order valence-corrected chi connectivity index (χ0v) is 13.3. The van der Waals surface area contributed by atoms with Crippen molar-refractivity contribution in [2.45, 2.75) is 45.2 Å². The molecule has 6 heteroatoms. The van der Waals surface area contributed by atoms with Crippen molar-refractivity contribution in [2.75, 3.05) is 7.05 Å². The van der Waals surface area contributed by atoms with E-state index in [1.165, 1.54) is 24.3 Å². The van der Waals surface area contributed by atoms with Crippen molar-refractivity contribution in [3.8, 4) is 0 Å². The van der Waals surface area contributed by atoms with Crippen LogP contribution in [-0.2, 0) is 16.6 Å². The molecule has 0 saturated heterocycles.